The summed E-state index contributed by atoms with van der Waals surface area (Å²) < 4.78 is 65.0. The predicted octanol–water partition coefficient (Wildman–Crippen LogP) is 4.12. The maximum Gasteiger partial charge on any atom is 1.00 e. The van der Waals surface area contributed by atoms with Gasteiger partial charge in [-0.2, -0.15) is 0 Å². The van der Waals surface area contributed by atoms with E-state index in [4.69, 9.17) is 0 Å². The van der Waals surface area contributed by atoms with Gasteiger partial charge in [-0.25, -0.2) is 16.8 Å². The second-order valence-electron chi connectivity index (χ2n) is 12.1. The third kappa shape index (κ3) is 26.7. The van der Waals surface area contributed by atoms with Crippen molar-refractivity contribution in [2.24, 2.45) is 0 Å². The molecule has 0 amide bonds. The molecular formula is C36H58KNaO6S2. The monoisotopic (exact) mass is 712 g/mol. The van der Waals surface area contributed by atoms with Crippen molar-refractivity contribution in [3.63, 3.8) is 0 Å². The van der Waals surface area contributed by atoms with Gasteiger partial charge in [0.2, 0.25) is 0 Å². The number of aryl methyl sites for hydroxylation is 2. The summed E-state index contributed by atoms with van der Waals surface area (Å²) in [5.74, 6) is 0. The molecule has 0 bridgehead atoms. The molecule has 0 N–H and O–H groups in total. The van der Waals surface area contributed by atoms with Crippen molar-refractivity contribution in [2.75, 3.05) is 0 Å². The van der Waals surface area contributed by atoms with E-state index in [2.05, 4.69) is 13.8 Å². The number of hydrogen-bond acceptors (Lipinski definition) is 6. The van der Waals surface area contributed by atoms with Crippen molar-refractivity contribution in [3.05, 3.63) is 59.7 Å². The Bertz CT molecular complexity index is 1090. The summed E-state index contributed by atoms with van der Waals surface area (Å²) in [6.07, 6.45) is 28.1. The molecule has 2 aromatic carbocycles. The second kappa shape index (κ2) is 30.7. The summed E-state index contributed by atoms with van der Waals surface area (Å²) in [5, 5.41) is 0. The molecule has 6 nitrogen and oxygen atoms in total. The molecule has 0 heterocycles. The van der Waals surface area contributed by atoms with E-state index in [-0.39, 0.29) is 90.7 Å². The molecule has 0 unspecified atom stereocenters. The Hall–Kier alpha value is 0.896. The minimum Gasteiger partial charge on any atom is -0.744 e. The number of unbranched alkanes of at least 4 members (excludes halogenated alkanes) is 18. The van der Waals surface area contributed by atoms with Gasteiger partial charge in [-0.05, 0) is 61.1 Å². The molecule has 0 aliphatic carbocycles. The molecule has 0 fully saturated rings. The summed E-state index contributed by atoms with van der Waals surface area (Å²) in [5.41, 5.74) is 2.21. The maximum atomic E-state index is 10.8. The van der Waals surface area contributed by atoms with Crippen LogP contribution in [-0.2, 0) is 33.1 Å². The molecular weight excluding hydrogens is 655 g/mol. The predicted molar refractivity (Wildman–Crippen MR) is 180 cm³/mol. The molecule has 0 saturated heterocycles. The van der Waals surface area contributed by atoms with Gasteiger partial charge >= 0.3 is 80.9 Å². The molecule has 0 atom stereocenters. The summed E-state index contributed by atoms with van der Waals surface area (Å²) in [6, 6.07) is 12.6. The SMILES string of the molecule is CCCCCCCCCCCCc1ccc(S(=O)(=O)[O-])cc1.CCCCCCCCCCCCc1ccc(S(=O)(=O)[O-])cc1.[K+].[Na+]. The van der Waals surface area contributed by atoms with Crippen molar-refractivity contribution < 1.29 is 107 Å². The number of hydrogen-bond donors (Lipinski definition) is 0. The Kier molecular flexibility index (Phi) is 32.7. The molecule has 0 aromatic heterocycles. The Morgan fingerprint density at radius 3 is 0.848 bits per heavy atom. The molecule has 0 spiro atoms. The summed E-state index contributed by atoms with van der Waals surface area (Å²) >= 11 is 0. The fourth-order valence-electron chi connectivity index (χ4n) is 5.28. The Morgan fingerprint density at radius 1 is 0.413 bits per heavy atom. The first-order valence-electron chi connectivity index (χ1n) is 17.2. The second-order valence-corrected chi connectivity index (χ2v) is 14.8. The average molecular weight is 713 g/mol. The first-order chi connectivity index (χ1) is 21.1. The van der Waals surface area contributed by atoms with Gasteiger partial charge in [0.15, 0.2) is 0 Å². The first kappa shape index (κ1) is 49.0. The van der Waals surface area contributed by atoms with Crippen LogP contribution in [0.1, 0.15) is 153 Å². The number of benzene rings is 2. The van der Waals surface area contributed by atoms with E-state index in [1.807, 2.05) is 0 Å². The minimum absolute atomic E-state index is 0. The normalized spacial score (nSPS) is 11.2. The number of rotatable bonds is 24. The molecule has 0 saturated carbocycles. The van der Waals surface area contributed by atoms with Crippen molar-refractivity contribution in [1.29, 1.82) is 0 Å². The zero-order valence-corrected chi connectivity index (χ0v) is 36.2. The van der Waals surface area contributed by atoms with Gasteiger partial charge in [0, 0.05) is 0 Å². The van der Waals surface area contributed by atoms with Gasteiger partial charge in [0.05, 0.1) is 9.79 Å². The van der Waals surface area contributed by atoms with Crippen LogP contribution in [0.3, 0.4) is 0 Å². The molecule has 2 rings (SSSR count). The zero-order valence-electron chi connectivity index (χ0n) is 29.4. The Morgan fingerprint density at radius 2 is 0.630 bits per heavy atom. The van der Waals surface area contributed by atoms with Gasteiger partial charge in [-0.1, -0.05) is 154 Å². The van der Waals surface area contributed by atoms with Crippen LogP contribution >= 0.6 is 0 Å². The molecule has 2 aromatic rings. The van der Waals surface area contributed by atoms with E-state index < -0.39 is 20.2 Å². The smallest absolute Gasteiger partial charge is 0.744 e. The van der Waals surface area contributed by atoms with Crippen LogP contribution in [0.2, 0.25) is 0 Å². The third-order valence-corrected chi connectivity index (χ3v) is 9.76. The Labute approximate surface area is 347 Å². The summed E-state index contributed by atoms with van der Waals surface area (Å²) in [6.45, 7) is 4.49. The molecule has 252 valence electrons. The fraction of sp³-hybridized carbons (Fsp3) is 0.667. The van der Waals surface area contributed by atoms with Gasteiger partial charge in [-0.15, -0.1) is 0 Å². The van der Waals surface area contributed by atoms with E-state index in [9.17, 15) is 25.9 Å². The summed E-state index contributed by atoms with van der Waals surface area (Å²) in [4.78, 5) is -0.279. The van der Waals surface area contributed by atoms with Crippen LogP contribution in [0, 0.1) is 0 Å². The van der Waals surface area contributed by atoms with Gasteiger partial charge in [0.1, 0.15) is 20.2 Å². The first-order valence-corrected chi connectivity index (χ1v) is 20.0. The molecule has 10 heteroatoms. The quantitative estimate of drug-likeness (QED) is 0.0920. The van der Waals surface area contributed by atoms with Crippen molar-refractivity contribution in [2.45, 2.75) is 165 Å². The standard InChI is InChI=1S/2C18H30O3S.K.Na/c2*1-2-3-4-5-6-7-8-9-10-11-12-17-13-15-18(16-14-17)22(19,20)21;;/h2*13-16H,2-12H2,1H3,(H,19,20,21);;/q;;2*+1/p-2. The molecule has 46 heavy (non-hydrogen) atoms. The third-order valence-electron chi connectivity index (χ3n) is 8.06. The van der Waals surface area contributed by atoms with Crippen LogP contribution in [0.15, 0.2) is 58.3 Å². The molecule has 0 aliphatic rings. The molecule has 0 radical (unpaired) electrons. The van der Waals surface area contributed by atoms with Crippen molar-refractivity contribution in [1.82, 2.24) is 0 Å². The van der Waals surface area contributed by atoms with Gasteiger partial charge < -0.3 is 9.11 Å². The topological polar surface area (TPSA) is 114 Å². The fourth-order valence-corrected chi connectivity index (χ4v) is 6.22. The van der Waals surface area contributed by atoms with Crippen LogP contribution in [-0.4, -0.2) is 25.9 Å². The minimum atomic E-state index is -4.31. The van der Waals surface area contributed by atoms with E-state index in [0.717, 1.165) is 36.8 Å². The molecule has 0 aliphatic heterocycles. The average Bonchev–Trinajstić information content (AvgIpc) is 2.99. The Balaban J connectivity index is 0. The van der Waals surface area contributed by atoms with Crippen LogP contribution in [0.5, 0.6) is 0 Å². The maximum absolute atomic E-state index is 10.8. The van der Waals surface area contributed by atoms with Crippen molar-refractivity contribution >= 4 is 20.2 Å². The van der Waals surface area contributed by atoms with E-state index in [0.29, 0.717) is 0 Å². The van der Waals surface area contributed by atoms with Crippen LogP contribution < -0.4 is 80.9 Å². The van der Waals surface area contributed by atoms with Crippen LogP contribution in [0.4, 0.5) is 0 Å². The largest absolute Gasteiger partial charge is 1.00 e. The summed E-state index contributed by atoms with van der Waals surface area (Å²) in [7, 11) is -8.63. The van der Waals surface area contributed by atoms with Crippen molar-refractivity contribution in [3.8, 4) is 0 Å². The van der Waals surface area contributed by atoms with E-state index in [1.165, 1.54) is 140 Å². The zero-order chi connectivity index (χ0) is 32.5. The van der Waals surface area contributed by atoms with E-state index >= 15 is 0 Å². The van der Waals surface area contributed by atoms with Gasteiger partial charge in [0.25, 0.3) is 0 Å². The van der Waals surface area contributed by atoms with Gasteiger partial charge in [-0.3, -0.25) is 0 Å². The van der Waals surface area contributed by atoms with E-state index in [1.54, 1.807) is 24.3 Å². The van der Waals surface area contributed by atoms with Crippen LogP contribution in [0.25, 0.3) is 0 Å².